The number of fused-ring (bicyclic) bond motifs is 10. The smallest absolute Gasteiger partial charge is 0.119 e. The van der Waals surface area contributed by atoms with E-state index in [1.54, 1.807) is 28.4 Å². The summed E-state index contributed by atoms with van der Waals surface area (Å²) >= 11 is 0. The van der Waals surface area contributed by atoms with E-state index >= 15 is 0 Å². The Labute approximate surface area is 193 Å². The summed E-state index contributed by atoms with van der Waals surface area (Å²) in [5.74, 6) is 3.34. The average molecular weight is 437 g/mol. The lowest BCUT2D eigenvalue weighted by atomic mass is 9.70. The van der Waals surface area contributed by atoms with Crippen molar-refractivity contribution in [1.29, 1.82) is 0 Å². The topological polar surface area (TPSA) is 36.9 Å². The van der Waals surface area contributed by atoms with Crippen molar-refractivity contribution in [3.8, 4) is 45.3 Å². The lowest BCUT2D eigenvalue weighted by Crippen LogP contribution is -2.25. The normalized spacial score (nSPS) is 13.7. The van der Waals surface area contributed by atoms with Crippen molar-refractivity contribution in [3.05, 3.63) is 95.1 Å². The van der Waals surface area contributed by atoms with Gasteiger partial charge in [-0.15, -0.1) is 0 Å². The van der Waals surface area contributed by atoms with E-state index in [4.69, 9.17) is 18.9 Å². The van der Waals surface area contributed by atoms with Crippen LogP contribution in [0.15, 0.2) is 72.8 Å². The van der Waals surface area contributed by atoms with Gasteiger partial charge in [0.05, 0.1) is 33.9 Å². The second-order valence-electron chi connectivity index (χ2n) is 8.40. The van der Waals surface area contributed by atoms with Gasteiger partial charge in [-0.1, -0.05) is 24.3 Å². The molecule has 33 heavy (non-hydrogen) atoms. The lowest BCUT2D eigenvalue weighted by Gasteiger charge is -2.30. The van der Waals surface area contributed by atoms with E-state index < -0.39 is 5.41 Å². The average Bonchev–Trinajstić information content (AvgIpc) is 3.33. The molecule has 0 aromatic heterocycles. The summed E-state index contributed by atoms with van der Waals surface area (Å²) in [6.07, 6.45) is 0. The highest BCUT2D eigenvalue weighted by Crippen LogP contribution is 2.64. The van der Waals surface area contributed by atoms with Gasteiger partial charge in [-0.05, 0) is 93.0 Å². The molecule has 0 amide bonds. The molecule has 1 spiro atoms. The molecule has 4 heteroatoms. The molecule has 164 valence electrons. The van der Waals surface area contributed by atoms with E-state index in [0.717, 1.165) is 45.3 Å². The summed E-state index contributed by atoms with van der Waals surface area (Å²) < 4.78 is 22.4. The van der Waals surface area contributed by atoms with E-state index in [-0.39, 0.29) is 0 Å². The predicted molar refractivity (Wildman–Crippen MR) is 129 cm³/mol. The fourth-order valence-electron chi connectivity index (χ4n) is 5.67. The summed E-state index contributed by atoms with van der Waals surface area (Å²) in [4.78, 5) is 0. The molecule has 0 heterocycles. The van der Waals surface area contributed by atoms with Gasteiger partial charge in [0.1, 0.15) is 23.0 Å². The third-order valence-electron chi connectivity index (χ3n) is 7.10. The van der Waals surface area contributed by atoms with Gasteiger partial charge in [-0.2, -0.15) is 0 Å². The van der Waals surface area contributed by atoms with Crippen molar-refractivity contribution in [2.45, 2.75) is 5.41 Å². The second kappa shape index (κ2) is 7.04. The van der Waals surface area contributed by atoms with Gasteiger partial charge in [0, 0.05) is 0 Å². The number of hydrogen-bond acceptors (Lipinski definition) is 4. The Balaban J connectivity index is 1.77. The van der Waals surface area contributed by atoms with E-state index in [9.17, 15) is 0 Å². The largest absolute Gasteiger partial charge is 0.497 e. The summed E-state index contributed by atoms with van der Waals surface area (Å²) in [6, 6.07) is 25.5. The highest BCUT2D eigenvalue weighted by atomic mass is 16.5. The second-order valence-corrected chi connectivity index (χ2v) is 8.40. The molecule has 0 bridgehead atoms. The minimum atomic E-state index is -0.438. The van der Waals surface area contributed by atoms with Crippen LogP contribution in [0.25, 0.3) is 22.3 Å². The molecular formula is C29H24O4. The van der Waals surface area contributed by atoms with Gasteiger partial charge in [-0.25, -0.2) is 0 Å². The zero-order chi connectivity index (χ0) is 22.7. The van der Waals surface area contributed by atoms with Gasteiger partial charge in [0.15, 0.2) is 0 Å². The maximum atomic E-state index is 5.60. The maximum Gasteiger partial charge on any atom is 0.119 e. The predicted octanol–water partition coefficient (Wildman–Crippen LogP) is 6.06. The molecule has 0 aliphatic heterocycles. The summed E-state index contributed by atoms with van der Waals surface area (Å²) in [5.41, 5.74) is 9.16. The molecule has 6 rings (SSSR count). The van der Waals surface area contributed by atoms with Gasteiger partial charge in [0.25, 0.3) is 0 Å². The first-order valence-corrected chi connectivity index (χ1v) is 10.9. The number of methoxy groups -OCH3 is 4. The molecule has 4 aromatic rings. The Morgan fingerprint density at radius 1 is 0.394 bits per heavy atom. The Morgan fingerprint density at radius 3 is 0.848 bits per heavy atom. The van der Waals surface area contributed by atoms with Crippen LogP contribution >= 0.6 is 0 Å². The number of benzene rings is 4. The van der Waals surface area contributed by atoms with Gasteiger partial charge < -0.3 is 18.9 Å². The number of rotatable bonds is 4. The van der Waals surface area contributed by atoms with E-state index in [2.05, 4.69) is 72.8 Å². The lowest BCUT2D eigenvalue weighted by molar-refractivity contribution is 0.414. The maximum absolute atomic E-state index is 5.60. The molecule has 2 aliphatic rings. The van der Waals surface area contributed by atoms with Crippen LogP contribution in [0.1, 0.15) is 22.3 Å². The number of ether oxygens (including phenoxy) is 4. The molecule has 0 N–H and O–H groups in total. The molecule has 0 fully saturated rings. The molecule has 4 aromatic carbocycles. The van der Waals surface area contributed by atoms with E-state index in [1.807, 2.05) is 0 Å². The fourth-order valence-corrected chi connectivity index (χ4v) is 5.67. The summed E-state index contributed by atoms with van der Waals surface area (Å²) in [7, 11) is 6.82. The van der Waals surface area contributed by atoms with Crippen molar-refractivity contribution >= 4 is 0 Å². The minimum absolute atomic E-state index is 0.438. The van der Waals surface area contributed by atoms with Crippen LogP contribution in [0.5, 0.6) is 23.0 Å². The van der Waals surface area contributed by atoms with Gasteiger partial charge in [-0.3, -0.25) is 0 Å². The standard InChI is InChI=1S/C29H24O4/c1-30-17-5-9-25-21(13-17)22-14-18(31-2)6-10-26(22)29(25)27-11-7-19(32-3)15-23(27)24-16-20(33-4)8-12-28(24)29/h5-16H,1-4H3. The summed E-state index contributed by atoms with van der Waals surface area (Å²) in [5, 5.41) is 0. The highest BCUT2D eigenvalue weighted by Gasteiger charge is 2.52. The fraction of sp³-hybridized carbons (Fsp3) is 0.172. The first kappa shape index (κ1) is 19.7. The van der Waals surface area contributed by atoms with Crippen LogP contribution in [0, 0.1) is 0 Å². The Bertz CT molecular complexity index is 1200. The Morgan fingerprint density at radius 2 is 0.636 bits per heavy atom. The first-order chi connectivity index (χ1) is 16.1. The third kappa shape index (κ3) is 2.46. The molecule has 4 nitrogen and oxygen atoms in total. The summed E-state index contributed by atoms with van der Waals surface area (Å²) in [6.45, 7) is 0. The number of hydrogen-bond donors (Lipinski definition) is 0. The van der Waals surface area contributed by atoms with Crippen LogP contribution < -0.4 is 18.9 Å². The van der Waals surface area contributed by atoms with Crippen molar-refractivity contribution in [3.63, 3.8) is 0 Å². The molecule has 0 radical (unpaired) electrons. The Kier molecular flexibility index (Phi) is 4.21. The van der Waals surface area contributed by atoms with Crippen molar-refractivity contribution < 1.29 is 18.9 Å². The molecule has 2 aliphatic carbocycles. The molecule has 0 saturated heterocycles. The SMILES string of the molecule is COc1ccc2c(c1)-c1cc(OC)ccc1C21c2ccc(OC)cc2-c2cc(OC)ccc21. The molecule has 0 saturated carbocycles. The third-order valence-corrected chi connectivity index (χ3v) is 7.10. The molecule has 0 unspecified atom stereocenters. The van der Waals surface area contributed by atoms with E-state index in [0.29, 0.717) is 0 Å². The van der Waals surface area contributed by atoms with E-state index in [1.165, 1.54) is 22.3 Å². The van der Waals surface area contributed by atoms with Gasteiger partial charge in [0.2, 0.25) is 0 Å². The zero-order valence-corrected chi connectivity index (χ0v) is 19.1. The first-order valence-electron chi connectivity index (χ1n) is 10.9. The van der Waals surface area contributed by atoms with Crippen molar-refractivity contribution in [1.82, 2.24) is 0 Å². The zero-order valence-electron chi connectivity index (χ0n) is 19.1. The Hall–Kier alpha value is -3.92. The van der Waals surface area contributed by atoms with Gasteiger partial charge >= 0.3 is 0 Å². The quantitative estimate of drug-likeness (QED) is 0.336. The minimum Gasteiger partial charge on any atom is -0.497 e. The monoisotopic (exact) mass is 436 g/mol. The van der Waals surface area contributed by atoms with Crippen LogP contribution in [-0.2, 0) is 5.41 Å². The van der Waals surface area contributed by atoms with Crippen LogP contribution in [0.3, 0.4) is 0 Å². The van der Waals surface area contributed by atoms with Crippen LogP contribution in [0.4, 0.5) is 0 Å². The van der Waals surface area contributed by atoms with Crippen molar-refractivity contribution in [2.75, 3.05) is 28.4 Å². The van der Waals surface area contributed by atoms with Crippen LogP contribution in [-0.4, -0.2) is 28.4 Å². The van der Waals surface area contributed by atoms with Crippen molar-refractivity contribution in [2.24, 2.45) is 0 Å². The molecule has 0 atom stereocenters. The highest BCUT2D eigenvalue weighted by molar-refractivity contribution is 5.96. The molecular weight excluding hydrogens is 412 g/mol. The van der Waals surface area contributed by atoms with Crippen LogP contribution in [0.2, 0.25) is 0 Å².